The fourth-order valence-corrected chi connectivity index (χ4v) is 5.28. The van der Waals surface area contributed by atoms with Gasteiger partial charge in [-0.15, -0.1) is 0 Å². The van der Waals surface area contributed by atoms with Crippen LogP contribution >= 0.6 is 11.3 Å². The molecule has 9 heteroatoms. The lowest BCUT2D eigenvalue weighted by Gasteiger charge is -2.06. The minimum absolute atomic E-state index is 0.148. The molecule has 8 nitrogen and oxygen atoms in total. The number of aromatic nitrogens is 1. The Kier molecular flexibility index (Phi) is 6.98. The Morgan fingerprint density at radius 3 is 2.65 bits per heavy atom. The Morgan fingerprint density at radius 1 is 1.00 bits per heavy atom. The van der Waals surface area contributed by atoms with Gasteiger partial charge in [-0.3, -0.25) is 4.79 Å². The molecule has 0 atom stereocenters. The van der Waals surface area contributed by atoms with Crippen molar-refractivity contribution in [2.75, 3.05) is 19.8 Å². The molecule has 5 rings (SSSR count). The zero-order valence-corrected chi connectivity index (χ0v) is 21.2. The van der Waals surface area contributed by atoms with Crippen LogP contribution in [0.4, 0.5) is 0 Å². The fraction of sp³-hybridized carbons (Fsp3) is 0.214. The van der Waals surface area contributed by atoms with Crippen molar-refractivity contribution in [2.45, 2.75) is 20.4 Å². The Balaban J connectivity index is 1.63. The van der Waals surface area contributed by atoms with E-state index in [1.165, 1.54) is 11.3 Å². The van der Waals surface area contributed by atoms with Crippen molar-refractivity contribution >= 4 is 55.2 Å². The first-order valence-electron chi connectivity index (χ1n) is 11.9. The molecule has 0 spiro atoms. The predicted molar refractivity (Wildman–Crippen MR) is 142 cm³/mol. The van der Waals surface area contributed by atoms with Gasteiger partial charge in [0.2, 0.25) is 0 Å². The topological polar surface area (TPSA) is 100 Å². The lowest BCUT2D eigenvalue weighted by atomic mass is 10.0. The van der Waals surface area contributed by atoms with Crippen molar-refractivity contribution in [2.24, 2.45) is 4.99 Å². The van der Waals surface area contributed by atoms with Crippen LogP contribution in [0.5, 0.6) is 0 Å². The first kappa shape index (κ1) is 24.6. The molecule has 0 fully saturated rings. The van der Waals surface area contributed by atoms with Crippen molar-refractivity contribution in [3.05, 3.63) is 87.0 Å². The lowest BCUT2D eigenvalue weighted by molar-refractivity contribution is 0.0526. The summed E-state index contributed by atoms with van der Waals surface area (Å²) in [5.41, 5.74) is 0.710. The van der Waals surface area contributed by atoms with E-state index >= 15 is 0 Å². The summed E-state index contributed by atoms with van der Waals surface area (Å²) in [5, 5.41) is 2.50. The number of esters is 1. The quantitative estimate of drug-likeness (QED) is 0.132. The molecule has 188 valence electrons. The van der Waals surface area contributed by atoms with Gasteiger partial charge in [-0.2, -0.15) is 4.99 Å². The summed E-state index contributed by atoms with van der Waals surface area (Å²) < 4.78 is 18.7. The van der Waals surface area contributed by atoms with Crippen LogP contribution in [-0.4, -0.2) is 36.3 Å². The Hall–Kier alpha value is -4.08. The molecular weight excluding hydrogens is 492 g/mol. The van der Waals surface area contributed by atoms with E-state index in [1.54, 1.807) is 37.3 Å². The van der Waals surface area contributed by atoms with Crippen LogP contribution in [0.3, 0.4) is 0 Å². The van der Waals surface area contributed by atoms with E-state index in [1.807, 2.05) is 41.8 Å². The largest absolute Gasteiger partial charge is 0.462 e. The Bertz CT molecular complexity index is 1780. The predicted octanol–water partition coefficient (Wildman–Crippen LogP) is 4.92. The van der Waals surface area contributed by atoms with Crippen molar-refractivity contribution < 1.29 is 23.5 Å². The maximum Gasteiger partial charge on any atom is 0.349 e. The van der Waals surface area contributed by atoms with Crippen LogP contribution < -0.4 is 10.4 Å². The standard InChI is InChI=1S/C28H24N2O6S/c1-3-34-14-13-30-22-11-9-18(26(32)35-4-2)15-24(22)37-28(30)29-25(31)21-16-20-19-8-6-5-7-17(19)10-12-23(20)36-27(21)33/h5-12,15-16H,3-4,13-14H2,1-2H3. The van der Waals surface area contributed by atoms with E-state index in [-0.39, 0.29) is 12.2 Å². The molecule has 0 aliphatic rings. The van der Waals surface area contributed by atoms with Crippen LogP contribution in [0.25, 0.3) is 32.0 Å². The summed E-state index contributed by atoms with van der Waals surface area (Å²) in [6, 6.07) is 18.0. The summed E-state index contributed by atoms with van der Waals surface area (Å²) in [4.78, 5) is 42.9. The third kappa shape index (κ3) is 4.83. The van der Waals surface area contributed by atoms with Gasteiger partial charge in [0, 0.05) is 18.5 Å². The highest BCUT2D eigenvalue weighted by molar-refractivity contribution is 7.16. The zero-order chi connectivity index (χ0) is 25.9. The second-order valence-corrected chi connectivity index (χ2v) is 9.21. The summed E-state index contributed by atoms with van der Waals surface area (Å²) in [5.74, 6) is -1.12. The highest BCUT2D eigenvalue weighted by Gasteiger charge is 2.17. The van der Waals surface area contributed by atoms with Crippen LogP contribution in [0.1, 0.15) is 34.6 Å². The second-order valence-electron chi connectivity index (χ2n) is 8.20. The molecule has 0 bridgehead atoms. The number of carbonyl (C=O) groups excluding carboxylic acids is 2. The number of thiazole rings is 1. The summed E-state index contributed by atoms with van der Waals surface area (Å²) >= 11 is 1.25. The molecule has 0 unspecified atom stereocenters. The van der Waals surface area contributed by atoms with Gasteiger partial charge in [-0.05, 0) is 55.0 Å². The van der Waals surface area contributed by atoms with Gasteiger partial charge in [0.05, 0.1) is 29.0 Å². The average Bonchev–Trinajstić information content (AvgIpc) is 3.24. The minimum Gasteiger partial charge on any atom is -0.462 e. The van der Waals surface area contributed by atoms with Gasteiger partial charge < -0.3 is 18.5 Å². The summed E-state index contributed by atoms with van der Waals surface area (Å²) in [6.45, 7) is 5.32. The number of rotatable bonds is 7. The van der Waals surface area contributed by atoms with Gasteiger partial charge >= 0.3 is 11.6 Å². The highest BCUT2D eigenvalue weighted by Crippen LogP contribution is 2.25. The summed E-state index contributed by atoms with van der Waals surface area (Å²) in [6.07, 6.45) is 0. The molecular formula is C28H24N2O6S. The number of benzene rings is 3. The van der Waals surface area contributed by atoms with Crippen molar-refractivity contribution in [3.8, 4) is 0 Å². The molecule has 0 saturated carbocycles. The number of nitrogens with zero attached hydrogens (tertiary/aromatic N) is 2. The first-order chi connectivity index (χ1) is 18.0. The number of carbonyl (C=O) groups is 2. The van der Waals surface area contributed by atoms with Crippen LogP contribution in [-0.2, 0) is 16.0 Å². The van der Waals surface area contributed by atoms with Gasteiger partial charge in [0.1, 0.15) is 11.1 Å². The summed E-state index contributed by atoms with van der Waals surface area (Å²) in [7, 11) is 0. The van der Waals surface area contributed by atoms with E-state index < -0.39 is 17.5 Å². The van der Waals surface area contributed by atoms with E-state index in [9.17, 15) is 14.4 Å². The molecule has 0 aliphatic carbocycles. The zero-order valence-electron chi connectivity index (χ0n) is 20.4. The van der Waals surface area contributed by atoms with Crippen LogP contribution in [0.2, 0.25) is 0 Å². The van der Waals surface area contributed by atoms with E-state index in [2.05, 4.69) is 4.99 Å². The third-order valence-electron chi connectivity index (χ3n) is 5.93. The number of amides is 1. The van der Waals surface area contributed by atoms with Gasteiger partial charge in [-0.1, -0.05) is 41.7 Å². The maximum atomic E-state index is 13.3. The number of fused-ring (bicyclic) bond motifs is 4. The lowest BCUT2D eigenvalue weighted by Crippen LogP contribution is -2.21. The normalized spacial score (nSPS) is 12.0. The van der Waals surface area contributed by atoms with Crippen LogP contribution in [0.15, 0.2) is 74.9 Å². The van der Waals surface area contributed by atoms with E-state index in [0.29, 0.717) is 41.1 Å². The van der Waals surface area contributed by atoms with Gasteiger partial charge in [0.25, 0.3) is 5.91 Å². The second kappa shape index (κ2) is 10.5. The van der Waals surface area contributed by atoms with E-state index in [0.717, 1.165) is 21.0 Å². The highest BCUT2D eigenvalue weighted by atomic mass is 32.1. The smallest absolute Gasteiger partial charge is 0.349 e. The number of hydrogen-bond donors (Lipinski definition) is 0. The Labute approximate surface area is 215 Å². The molecule has 2 heterocycles. The minimum atomic E-state index is -0.747. The number of hydrogen-bond acceptors (Lipinski definition) is 7. The van der Waals surface area contributed by atoms with Crippen LogP contribution in [0, 0.1) is 0 Å². The third-order valence-corrected chi connectivity index (χ3v) is 6.97. The van der Waals surface area contributed by atoms with E-state index in [4.69, 9.17) is 13.9 Å². The molecule has 0 saturated heterocycles. The molecule has 3 aromatic carbocycles. The van der Waals surface area contributed by atoms with Crippen molar-refractivity contribution in [3.63, 3.8) is 0 Å². The fourth-order valence-electron chi connectivity index (χ4n) is 4.18. The number of ether oxygens (including phenoxy) is 2. The molecule has 5 aromatic rings. The molecule has 37 heavy (non-hydrogen) atoms. The molecule has 0 aliphatic heterocycles. The van der Waals surface area contributed by atoms with Crippen molar-refractivity contribution in [1.82, 2.24) is 4.57 Å². The average molecular weight is 517 g/mol. The monoisotopic (exact) mass is 516 g/mol. The SMILES string of the molecule is CCOCCn1c(=NC(=O)c2cc3c(ccc4ccccc43)oc2=O)sc2cc(C(=O)OCC)ccc21. The molecule has 2 aromatic heterocycles. The Morgan fingerprint density at radius 2 is 1.84 bits per heavy atom. The van der Waals surface area contributed by atoms with Crippen molar-refractivity contribution in [1.29, 1.82) is 0 Å². The maximum absolute atomic E-state index is 13.3. The molecule has 1 amide bonds. The van der Waals surface area contributed by atoms with Gasteiger partial charge in [-0.25, -0.2) is 9.59 Å². The molecule has 0 radical (unpaired) electrons. The molecule has 0 N–H and O–H groups in total. The van der Waals surface area contributed by atoms with Gasteiger partial charge in [0.15, 0.2) is 4.80 Å². The first-order valence-corrected chi connectivity index (χ1v) is 12.7.